The molecule has 0 spiro atoms. The molecule has 0 radical (unpaired) electrons. The van der Waals surface area contributed by atoms with E-state index in [1.54, 1.807) is 0 Å². The Hall–Kier alpha value is -7.36. The third-order valence-corrected chi connectivity index (χ3v) is 13.1. The second-order valence-electron chi connectivity index (χ2n) is 16.5. The molecule has 2 aliphatic rings. The molecule has 0 amide bonds. The van der Waals surface area contributed by atoms with Crippen LogP contribution in [0.1, 0.15) is 25.0 Å². The minimum Gasteiger partial charge on any atom is -0.456 e. The number of furan rings is 1. The van der Waals surface area contributed by atoms with E-state index in [2.05, 4.69) is 193 Å². The average Bonchev–Trinajstić information content (AvgIpc) is 3.86. The Morgan fingerprint density at radius 3 is 2.05 bits per heavy atom. The summed E-state index contributed by atoms with van der Waals surface area (Å²) < 4.78 is 8.96. The average molecular weight is 741 g/mol. The van der Waals surface area contributed by atoms with Gasteiger partial charge in [0.15, 0.2) is 0 Å². The Balaban J connectivity index is 1.07. The molecule has 9 aromatic carbocycles. The number of hydrogen-bond donors (Lipinski definition) is 0. The standard InChI is InChI=1S/C55H36N2O/c1-55(2)44-21-10-19-42-43-20-11-22-46-52(43)54-47(29-25-34-24-28-45(55)53(50(34)54)51(42)44)57(46)38-17-9-16-37(31-38)56(36-15-8-14-35(30-36)33-12-4-3-5-13-33)39-26-27-41-40-18-6-7-23-48(40)58-49(41)32-39/h3-32H,1-2H3. The van der Waals surface area contributed by atoms with Crippen molar-refractivity contribution in [3.8, 4) is 39.1 Å². The van der Waals surface area contributed by atoms with E-state index in [9.17, 15) is 0 Å². The Bertz CT molecular complexity index is 3550. The van der Waals surface area contributed by atoms with Crippen molar-refractivity contribution in [1.82, 2.24) is 4.57 Å². The van der Waals surface area contributed by atoms with Gasteiger partial charge in [-0.3, -0.25) is 0 Å². The van der Waals surface area contributed by atoms with E-state index >= 15 is 0 Å². The zero-order chi connectivity index (χ0) is 38.3. The first kappa shape index (κ1) is 31.8. The second kappa shape index (κ2) is 11.4. The molecule has 0 unspecified atom stereocenters. The zero-order valence-electron chi connectivity index (χ0n) is 32.1. The molecule has 2 aliphatic carbocycles. The van der Waals surface area contributed by atoms with Gasteiger partial charge in [0.05, 0.1) is 11.0 Å². The molecule has 0 N–H and O–H groups in total. The molecule has 3 nitrogen and oxygen atoms in total. The van der Waals surface area contributed by atoms with Crippen molar-refractivity contribution >= 4 is 71.6 Å². The molecule has 272 valence electrons. The molecule has 11 aromatic rings. The van der Waals surface area contributed by atoms with E-state index in [4.69, 9.17) is 4.42 Å². The largest absolute Gasteiger partial charge is 0.456 e. The summed E-state index contributed by atoms with van der Waals surface area (Å²) in [4.78, 5) is 2.37. The lowest BCUT2D eigenvalue weighted by Crippen LogP contribution is -2.14. The highest BCUT2D eigenvalue weighted by Gasteiger charge is 2.40. The first-order valence-electron chi connectivity index (χ1n) is 20.2. The van der Waals surface area contributed by atoms with Gasteiger partial charge in [-0.05, 0) is 116 Å². The van der Waals surface area contributed by atoms with Crippen LogP contribution in [0.15, 0.2) is 186 Å². The van der Waals surface area contributed by atoms with Crippen molar-refractivity contribution in [1.29, 1.82) is 0 Å². The summed E-state index contributed by atoms with van der Waals surface area (Å²) in [7, 11) is 0. The summed E-state index contributed by atoms with van der Waals surface area (Å²) in [5.41, 5.74) is 19.1. The summed E-state index contributed by atoms with van der Waals surface area (Å²) in [6.07, 6.45) is 0. The molecular weight excluding hydrogens is 705 g/mol. The van der Waals surface area contributed by atoms with Gasteiger partial charge in [0.25, 0.3) is 0 Å². The maximum absolute atomic E-state index is 6.47. The third kappa shape index (κ3) is 4.17. The van der Waals surface area contributed by atoms with Gasteiger partial charge in [-0.2, -0.15) is 0 Å². The number of fused-ring (bicyclic) bond motifs is 4. The van der Waals surface area contributed by atoms with E-state index in [-0.39, 0.29) is 5.41 Å². The lowest BCUT2D eigenvalue weighted by Gasteiger charge is -2.26. The normalized spacial score (nSPS) is 13.5. The molecular formula is C55H36N2O. The van der Waals surface area contributed by atoms with Crippen LogP contribution in [-0.2, 0) is 5.41 Å². The lowest BCUT2D eigenvalue weighted by atomic mass is 9.81. The molecule has 13 rings (SSSR count). The molecule has 0 fully saturated rings. The summed E-state index contributed by atoms with van der Waals surface area (Å²) in [5.74, 6) is 0. The molecule has 58 heavy (non-hydrogen) atoms. The van der Waals surface area contributed by atoms with E-state index in [0.29, 0.717) is 0 Å². The maximum Gasteiger partial charge on any atom is 0.137 e. The highest BCUT2D eigenvalue weighted by atomic mass is 16.3. The van der Waals surface area contributed by atoms with Crippen molar-refractivity contribution in [2.75, 3.05) is 4.90 Å². The van der Waals surface area contributed by atoms with Crippen LogP contribution < -0.4 is 4.90 Å². The molecule has 0 atom stereocenters. The van der Waals surface area contributed by atoms with Crippen LogP contribution in [-0.4, -0.2) is 4.57 Å². The number of benzene rings is 9. The third-order valence-electron chi connectivity index (χ3n) is 13.1. The molecule has 0 saturated carbocycles. The number of para-hydroxylation sites is 1. The Morgan fingerprint density at radius 1 is 0.448 bits per heavy atom. The fourth-order valence-corrected chi connectivity index (χ4v) is 10.5. The first-order valence-corrected chi connectivity index (χ1v) is 20.2. The highest BCUT2D eigenvalue weighted by Crippen LogP contribution is 2.59. The summed E-state index contributed by atoms with van der Waals surface area (Å²) in [6.45, 7) is 4.78. The summed E-state index contributed by atoms with van der Waals surface area (Å²) in [5, 5.41) is 7.57. The van der Waals surface area contributed by atoms with Crippen molar-refractivity contribution in [3.05, 3.63) is 193 Å². The Labute approximate surface area is 335 Å². The van der Waals surface area contributed by atoms with E-state index in [1.165, 1.54) is 77.1 Å². The van der Waals surface area contributed by atoms with Crippen molar-refractivity contribution in [2.45, 2.75) is 19.3 Å². The van der Waals surface area contributed by atoms with Gasteiger partial charge in [-0.15, -0.1) is 0 Å². The number of hydrogen-bond acceptors (Lipinski definition) is 2. The number of nitrogens with zero attached hydrogens (tertiary/aromatic N) is 2. The van der Waals surface area contributed by atoms with Crippen molar-refractivity contribution < 1.29 is 4.42 Å². The summed E-state index contributed by atoms with van der Waals surface area (Å²) >= 11 is 0. The molecule has 0 saturated heterocycles. The van der Waals surface area contributed by atoms with E-state index in [1.807, 2.05) is 12.1 Å². The quantitative estimate of drug-likeness (QED) is 0.175. The van der Waals surface area contributed by atoms with Crippen LogP contribution in [0.25, 0.3) is 93.6 Å². The SMILES string of the molecule is CC1(C)c2cccc3c2-c2c1ccc1ccc4c(c21)c1c-3cccc1n4-c1cccc(N(c2cccc(-c3ccccc3)c2)c2ccc3c(c2)oc2ccccc23)c1. The van der Waals surface area contributed by atoms with Crippen LogP contribution in [0.4, 0.5) is 17.1 Å². The predicted octanol–water partition coefficient (Wildman–Crippen LogP) is 15.3. The van der Waals surface area contributed by atoms with Crippen molar-refractivity contribution in [2.24, 2.45) is 0 Å². The van der Waals surface area contributed by atoms with Gasteiger partial charge < -0.3 is 13.9 Å². The number of anilines is 3. The maximum atomic E-state index is 6.47. The smallest absolute Gasteiger partial charge is 0.137 e. The molecule has 2 aromatic heterocycles. The number of aromatic nitrogens is 1. The van der Waals surface area contributed by atoms with Gasteiger partial charge in [0.1, 0.15) is 11.2 Å². The highest BCUT2D eigenvalue weighted by molar-refractivity contribution is 6.31. The van der Waals surface area contributed by atoms with E-state index in [0.717, 1.165) is 44.7 Å². The molecule has 0 bridgehead atoms. The monoisotopic (exact) mass is 740 g/mol. The molecule has 0 aliphatic heterocycles. The van der Waals surface area contributed by atoms with Crippen molar-refractivity contribution in [3.63, 3.8) is 0 Å². The zero-order valence-corrected chi connectivity index (χ0v) is 32.1. The van der Waals surface area contributed by atoms with Crippen LogP contribution in [0.5, 0.6) is 0 Å². The minimum absolute atomic E-state index is 0.0774. The first-order chi connectivity index (χ1) is 28.5. The van der Waals surface area contributed by atoms with Gasteiger partial charge in [0, 0.05) is 55.8 Å². The summed E-state index contributed by atoms with van der Waals surface area (Å²) in [6, 6.07) is 66.7. The van der Waals surface area contributed by atoms with Crippen LogP contribution >= 0.6 is 0 Å². The lowest BCUT2D eigenvalue weighted by molar-refractivity contribution is 0.661. The Morgan fingerprint density at radius 2 is 1.14 bits per heavy atom. The predicted molar refractivity (Wildman–Crippen MR) is 242 cm³/mol. The molecule has 3 heteroatoms. The second-order valence-corrected chi connectivity index (χ2v) is 16.5. The topological polar surface area (TPSA) is 21.3 Å². The van der Waals surface area contributed by atoms with Crippen LogP contribution in [0, 0.1) is 0 Å². The Kier molecular flexibility index (Phi) is 6.23. The van der Waals surface area contributed by atoms with Crippen LogP contribution in [0.2, 0.25) is 0 Å². The van der Waals surface area contributed by atoms with Gasteiger partial charge in [0.2, 0.25) is 0 Å². The minimum atomic E-state index is -0.0774. The van der Waals surface area contributed by atoms with Gasteiger partial charge >= 0.3 is 0 Å². The molecule has 2 heterocycles. The van der Waals surface area contributed by atoms with Crippen LogP contribution in [0.3, 0.4) is 0 Å². The fourth-order valence-electron chi connectivity index (χ4n) is 10.5. The van der Waals surface area contributed by atoms with Gasteiger partial charge in [-0.1, -0.05) is 129 Å². The fraction of sp³-hybridized carbons (Fsp3) is 0.0545. The van der Waals surface area contributed by atoms with E-state index < -0.39 is 0 Å². The number of rotatable bonds is 5. The van der Waals surface area contributed by atoms with Gasteiger partial charge in [-0.25, -0.2) is 0 Å².